The van der Waals surface area contributed by atoms with Crippen LogP contribution in [0.3, 0.4) is 0 Å². The number of esters is 1. The van der Waals surface area contributed by atoms with Crippen LogP contribution in [0.1, 0.15) is 12.5 Å². The third-order valence-electron chi connectivity index (χ3n) is 4.25. The molecule has 2 heterocycles. The summed E-state index contributed by atoms with van der Waals surface area (Å²) >= 11 is 0. The second kappa shape index (κ2) is 6.84. The summed E-state index contributed by atoms with van der Waals surface area (Å²) < 4.78 is 7.06. The van der Waals surface area contributed by atoms with Crippen molar-refractivity contribution in [2.75, 3.05) is 6.61 Å². The van der Waals surface area contributed by atoms with Crippen LogP contribution in [0.2, 0.25) is 0 Å². The van der Waals surface area contributed by atoms with E-state index in [1.165, 1.54) is 6.08 Å². The molecule has 26 heavy (non-hydrogen) atoms. The number of carbonyl (C=O) groups is 1. The number of hydrogen-bond acceptors (Lipinski definition) is 3. The SMILES string of the molecule is CCOC(=O)/C=C/c1ccc(-c2nc3ccccc3n3cccc23)cc1. The number of fused-ring (bicyclic) bond motifs is 3. The molecule has 0 aliphatic carbocycles. The van der Waals surface area contributed by atoms with E-state index in [-0.39, 0.29) is 5.97 Å². The standard InChI is InChI=1S/C22H18N2O2/c1-2-26-21(25)14-11-16-9-12-17(13-10-16)22-20-8-5-15-24(20)19-7-4-3-6-18(19)23-22/h3-15H,2H2,1H3/b14-11+. The minimum Gasteiger partial charge on any atom is -0.463 e. The third-order valence-corrected chi connectivity index (χ3v) is 4.25. The summed E-state index contributed by atoms with van der Waals surface area (Å²) in [4.78, 5) is 16.3. The maximum Gasteiger partial charge on any atom is 0.330 e. The first-order chi connectivity index (χ1) is 12.8. The molecule has 0 amide bonds. The van der Waals surface area contributed by atoms with Crippen LogP contribution in [0.15, 0.2) is 72.9 Å². The quantitative estimate of drug-likeness (QED) is 0.398. The first-order valence-electron chi connectivity index (χ1n) is 8.57. The summed E-state index contributed by atoms with van der Waals surface area (Å²) in [6.45, 7) is 2.17. The zero-order chi connectivity index (χ0) is 17.9. The van der Waals surface area contributed by atoms with Crippen molar-refractivity contribution in [1.82, 2.24) is 9.38 Å². The van der Waals surface area contributed by atoms with Crippen molar-refractivity contribution in [1.29, 1.82) is 0 Å². The van der Waals surface area contributed by atoms with Crippen LogP contribution in [-0.4, -0.2) is 22.0 Å². The molecule has 0 radical (unpaired) electrons. The van der Waals surface area contributed by atoms with E-state index in [4.69, 9.17) is 9.72 Å². The lowest BCUT2D eigenvalue weighted by atomic mass is 10.1. The van der Waals surface area contributed by atoms with Crippen molar-refractivity contribution in [2.45, 2.75) is 6.92 Å². The Labute approximate surface area is 151 Å². The van der Waals surface area contributed by atoms with Gasteiger partial charge in [-0.3, -0.25) is 0 Å². The maximum absolute atomic E-state index is 11.4. The van der Waals surface area contributed by atoms with Crippen molar-refractivity contribution in [3.8, 4) is 11.3 Å². The number of nitrogens with zero attached hydrogens (tertiary/aromatic N) is 2. The Balaban J connectivity index is 1.73. The van der Waals surface area contributed by atoms with Gasteiger partial charge in [-0.25, -0.2) is 9.78 Å². The summed E-state index contributed by atoms with van der Waals surface area (Å²) in [7, 11) is 0. The number of carbonyl (C=O) groups excluding carboxylic acids is 1. The van der Waals surface area contributed by atoms with Crippen LogP contribution in [-0.2, 0) is 9.53 Å². The molecule has 128 valence electrons. The number of aromatic nitrogens is 2. The molecule has 2 aromatic heterocycles. The molecule has 0 aliphatic heterocycles. The molecule has 0 saturated heterocycles. The Morgan fingerprint density at radius 3 is 2.62 bits per heavy atom. The molecule has 4 nitrogen and oxygen atoms in total. The first kappa shape index (κ1) is 16.1. The van der Waals surface area contributed by atoms with Crippen molar-refractivity contribution < 1.29 is 9.53 Å². The molecule has 2 aromatic carbocycles. The van der Waals surface area contributed by atoms with Crippen molar-refractivity contribution in [3.63, 3.8) is 0 Å². The number of rotatable bonds is 4. The Morgan fingerprint density at radius 2 is 1.81 bits per heavy atom. The van der Waals surface area contributed by atoms with Gasteiger partial charge in [-0.05, 0) is 42.8 Å². The van der Waals surface area contributed by atoms with Crippen LogP contribution in [0.25, 0.3) is 33.9 Å². The van der Waals surface area contributed by atoms with Gasteiger partial charge in [-0.2, -0.15) is 0 Å². The molecule has 0 unspecified atom stereocenters. The predicted molar refractivity (Wildman–Crippen MR) is 104 cm³/mol. The van der Waals surface area contributed by atoms with Gasteiger partial charge in [-0.15, -0.1) is 0 Å². The van der Waals surface area contributed by atoms with E-state index >= 15 is 0 Å². The molecule has 0 spiro atoms. The predicted octanol–water partition coefficient (Wildman–Crippen LogP) is 4.73. The van der Waals surface area contributed by atoms with Crippen LogP contribution in [0.5, 0.6) is 0 Å². The third kappa shape index (κ3) is 2.97. The normalized spacial score (nSPS) is 11.4. The van der Waals surface area contributed by atoms with Crippen molar-refractivity contribution in [2.24, 2.45) is 0 Å². The number of para-hydroxylation sites is 2. The second-order valence-corrected chi connectivity index (χ2v) is 5.92. The first-order valence-corrected chi connectivity index (χ1v) is 8.57. The zero-order valence-electron chi connectivity index (χ0n) is 14.4. The fraction of sp³-hybridized carbons (Fsp3) is 0.0909. The lowest BCUT2D eigenvalue weighted by Gasteiger charge is -2.09. The van der Waals surface area contributed by atoms with Gasteiger partial charge in [-0.1, -0.05) is 36.4 Å². The fourth-order valence-electron chi connectivity index (χ4n) is 3.04. The molecule has 0 atom stereocenters. The molecular formula is C22H18N2O2. The zero-order valence-corrected chi connectivity index (χ0v) is 14.4. The van der Waals surface area contributed by atoms with Crippen LogP contribution < -0.4 is 0 Å². The maximum atomic E-state index is 11.4. The van der Waals surface area contributed by atoms with Gasteiger partial charge in [0.2, 0.25) is 0 Å². The summed E-state index contributed by atoms with van der Waals surface area (Å²) in [5.41, 5.74) is 6.03. The molecule has 0 saturated carbocycles. The molecule has 0 fully saturated rings. The highest BCUT2D eigenvalue weighted by Gasteiger charge is 2.09. The van der Waals surface area contributed by atoms with E-state index in [0.29, 0.717) is 6.61 Å². The fourth-order valence-corrected chi connectivity index (χ4v) is 3.04. The smallest absolute Gasteiger partial charge is 0.330 e. The Bertz CT molecular complexity index is 1110. The average Bonchev–Trinajstić information content (AvgIpc) is 3.17. The molecule has 0 bridgehead atoms. The van der Waals surface area contributed by atoms with E-state index in [2.05, 4.69) is 22.7 Å². The van der Waals surface area contributed by atoms with Crippen molar-refractivity contribution >= 4 is 28.6 Å². The van der Waals surface area contributed by atoms with Gasteiger partial charge in [0.1, 0.15) is 0 Å². The summed E-state index contributed by atoms with van der Waals surface area (Å²) in [5.74, 6) is -0.331. The van der Waals surface area contributed by atoms with Gasteiger partial charge in [0.15, 0.2) is 0 Å². The summed E-state index contributed by atoms with van der Waals surface area (Å²) in [6.07, 6.45) is 5.25. The van der Waals surface area contributed by atoms with Gasteiger partial charge in [0.05, 0.1) is 28.9 Å². The van der Waals surface area contributed by atoms with Crippen LogP contribution >= 0.6 is 0 Å². The molecular weight excluding hydrogens is 324 g/mol. The van der Waals surface area contributed by atoms with Gasteiger partial charge >= 0.3 is 5.97 Å². The Hall–Kier alpha value is -3.40. The molecule has 4 rings (SSSR count). The number of benzene rings is 2. The second-order valence-electron chi connectivity index (χ2n) is 5.92. The van der Waals surface area contributed by atoms with E-state index in [1.807, 2.05) is 48.5 Å². The average molecular weight is 342 g/mol. The highest BCUT2D eigenvalue weighted by Crippen LogP contribution is 2.27. The van der Waals surface area contributed by atoms with Crippen LogP contribution in [0, 0.1) is 0 Å². The lowest BCUT2D eigenvalue weighted by molar-refractivity contribution is -0.137. The molecule has 0 N–H and O–H groups in total. The molecule has 4 heteroatoms. The highest BCUT2D eigenvalue weighted by molar-refractivity contribution is 5.89. The Morgan fingerprint density at radius 1 is 1.04 bits per heavy atom. The van der Waals surface area contributed by atoms with E-state index in [1.54, 1.807) is 13.0 Å². The number of ether oxygens (including phenoxy) is 1. The summed E-state index contributed by atoms with van der Waals surface area (Å²) in [6, 6.07) is 20.2. The van der Waals surface area contributed by atoms with Gasteiger partial charge in [0, 0.05) is 17.8 Å². The molecule has 0 aliphatic rings. The minimum atomic E-state index is -0.331. The van der Waals surface area contributed by atoms with Gasteiger partial charge in [0.25, 0.3) is 0 Å². The van der Waals surface area contributed by atoms with Gasteiger partial charge < -0.3 is 9.14 Å². The largest absolute Gasteiger partial charge is 0.463 e. The lowest BCUT2D eigenvalue weighted by Crippen LogP contribution is -1.98. The summed E-state index contributed by atoms with van der Waals surface area (Å²) in [5, 5.41) is 0. The molecule has 4 aromatic rings. The number of hydrogen-bond donors (Lipinski definition) is 0. The highest BCUT2D eigenvalue weighted by atomic mass is 16.5. The van der Waals surface area contributed by atoms with E-state index in [0.717, 1.165) is 33.4 Å². The minimum absolute atomic E-state index is 0.331. The van der Waals surface area contributed by atoms with Crippen LogP contribution in [0.4, 0.5) is 0 Å². The van der Waals surface area contributed by atoms with Crippen molar-refractivity contribution in [3.05, 3.63) is 78.5 Å². The Kier molecular flexibility index (Phi) is 4.23. The van der Waals surface area contributed by atoms with E-state index in [9.17, 15) is 4.79 Å². The monoisotopic (exact) mass is 342 g/mol. The van der Waals surface area contributed by atoms with E-state index < -0.39 is 0 Å². The topological polar surface area (TPSA) is 43.6 Å².